The quantitative estimate of drug-likeness (QED) is 0.190. The second-order valence-corrected chi connectivity index (χ2v) is 20.0. The molecular formula is C32H45N5O2SSi. The largest absolute Gasteiger partial charge is 0.411 e. The first-order chi connectivity index (χ1) is 19.2. The van der Waals surface area contributed by atoms with Gasteiger partial charge in [0.1, 0.15) is 0 Å². The number of nitrogens with zero attached hydrogens (tertiary/aromatic N) is 4. The zero-order valence-corrected chi connectivity index (χ0v) is 27.8. The van der Waals surface area contributed by atoms with E-state index >= 15 is 0 Å². The van der Waals surface area contributed by atoms with Gasteiger partial charge in [-0.05, 0) is 75.7 Å². The van der Waals surface area contributed by atoms with Crippen LogP contribution in [0.2, 0.25) is 18.1 Å². The monoisotopic (exact) mass is 591 g/mol. The van der Waals surface area contributed by atoms with Crippen LogP contribution in [-0.4, -0.2) is 37.0 Å². The molecule has 0 aliphatic rings. The average Bonchev–Trinajstić information content (AvgIpc) is 3.34. The minimum Gasteiger partial charge on any atom is -0.411 e. The zero-order chi connectivity index (χ0) is 30.0. The van der Waals surface area contributed by atoms with Gasteiger partial charge in [-0.25, -0.2) is 18.6 Å². The summed E-state index contributed by atoms with van der Waals surface area (Å²) in [6, 6.07) is 18.2. The summed E-state index contributed by atoms with van der Waals surface area (Å²) in [7, 11) is -3.05. The van der Waals surface area contributed by atoms with Crippen LogP contribution >= 0.6 is 0 Å². The fourth-order valence-electron chi connectivity index (χ4n) is 4.11. The maximum Gasteiger partial charge on any atom is 0.192 e. The van der Waals surface area contributed by atoms with Gasteiger partial charge in [0, 0.05) is 17.1 Å². The van der Waals surface area contributed by atoms with Crippen LogP contribution in [-0.2, 0) is 22.0 Å². The van der Waals surface area contributed by atoms with Crippen LogP contribution in [0.5, 0.6) is 0 Å². The van der Waals surface area contributed by atoms with Crippen LogP contribution in [0.25, 0.3) is 28.0 Å². The van der Waals surface area contributed by atoms with Crippen LogP contribution in [0.15, 0.2) is 60.8 Å². The van der Waals surface area contributed by atoms with E-state index in [0.29, 0.717) is 6.61 Å². The molecule has 0 bridgehead atoms. The Morgan fingerprint density at radius 2 is 1.73 bits per heavy atom. The summed E-state index contributed by atoms with van der Waals surface area (Å²) in [5.41, 5.74) is 4.52. The van der Waals surface area contributed by atoms with Crippen LogP contribution in [0.4, 0.5) is 0 Å². The molecule has 9 heteroatoms. The predicted octanol–water partition coefficient (Wildman–Crippen LogP) is 7.90. The Labute approximate surface area is 248 Å². The van der Waals surface area contributed by atoms with Gasteiger partial charge in [-0.3, -0.25) is 4.98 Å². The molecule has 0 fully saturated rings. The van der Waals surface area contributed by atoms with Gasteiger partial charge in [0.15, 0.2) is 14.1 Å². The molecule has 0 aliphatic carbocycles. The molecule has 4 aromatic rings. The van der Waals surface area contributed by atoms with Crippen molar-refractivity contribution in [2.24, 2.45) is 0 Å². The second kappa shape index (κ2) is 12.3. The number of fused-ring (bicyclic) bond motifs is 1. The van der Waals surface area contributed by atoms with Crippen LogP contribution in [0.1, 0.15) is 78.7 Å². The van der Waals surface area contributed by atoms with Gasteiger partial charge in [-0.15, -0.1) is 0 Å². The van der Waals surface area contributed by atoms with E-state index in [1.54, 1.807) is 0 Å². The number of benzene rings is 1. The normalized spacial score (nSPS) is 14.4. The summed E-state index contributed by atoms with van der Waals surface area (Å²) in [4.78, 5) is 9.83. The molecule has 0 radical (unpaired) electrons. The molecule has 4 rings (SSSR count). The Morgan fingerprint density at radius 1 is 1.00 bits per heavy atom. The molecule has 1 N–H and O–H groups in total. The third-order valence-electron chi connectivity index (χ3n) is 7.73. The van der Waals surface area contributed by atoms with Crippen molar-refractivity contribution in [1.82, 2.24) is 24.5 Å². The van der Waals surface area contributed by atoms with E-state index in [1.807, 2.05) is 68.0 Å². The molecule has 1 aromatic carbocycles. The Kier molecular flexibility index (Phi) is 9.33. The van der Waals surface area contributed by atoms with Gasteiger partial charge in [0.2, 0.25) is 0 Å². The van der Waals surface area contributed by atoms with Crippen molar-refractivity contribution in [3.05, 3.63) is 72.2 Å². The number of nitrogens with one attached hydrogen (secondary N) is 1. The average molecular weight is 592 g/mol. The summed E-state index contributed by atoms with van der Waals surface area (Å²) < 4.78 is 24.0. The minimum absolute atomic E-state index is 0.0816. The molecule has 3 aromatic heterocycles. The van der Waals surface area contributed by atoms with Crippen molar-refractivity contribution < 1.29 is 8.63 Å². The smallest absolute Gasteiger partial charge is 0.192 e. The van der Waals surface area contributed by atoms with Gasteiger partial charge in [-0.2, -0.15) is 5.10 Å². The maximum absolute atomic E-state index is 12.8. The van der Waals surface area contributed by atoms with Gasteiger partial charge in [-0.1, -0.05) is 58.4 Å². The lowest BCUT2D eigenvalue weighted by Gasteiger charge is -2.36. The molecule has 2 atom stereocenters. The Balaban J connectivity index is 1.58. The molecule has 0 saturated heterocycles. The summed E-state index contributed by atoms with van der Waals surface area (Å²) >= 11 is 0. The highest BCUT2D eigenvalue weighted by Gasteiger charge is 2.37. The van der Waals surface area contributed by atoms with Crippen LogP contribution < -0.4 is 4.72 Å². The van der Waals surface area contributed by atoms with E-state index < -0.39 is 19.3 Å². The molecule has 41 heavy (non-hydrogen) atoms. The van der Waals surface area contributed by atoms with Crippen molar-refractivity contribution in [2.45, 2.75) is 96.8 Å². The predicted molar refractivity (Wildman–Crippen MR) is 173 cm³/mol. The minimum atomic E-state index is -1.87. The lowest BCUT2D eigenvalue weighted by atomic mass is 10.1. The zero-order valence-electron chi connectivity index (χ0n) is 26.0. The Bertz CT molecular complexity index is 1520. The van der Waals surface area contributed by atoms with Crippen molar-refractivity contribution >= 4 is 30.2 Å². The van der Waals surface area contributed by atoms with Gasteiger partial charge in [0.05, 0.1) is 51.0 Å². The summed E-state index contributed by atoms with van der Waals surface area (Å²) in [5, 5.41) is 6.03. The van der Waals surface area contributed by atoms with Crippen molar-refractivity contribution in [1.29, 1.82) is 0 Å². The lowest BCUT2D eigenvalue weighted by molar-refractivity contribution is 0.272. The Morgan fingerprint density at radius 3 is 2.41 bits per heavy atom. The molecule has 0 saturated carbocycles. The van der Waals surface area contributed by atoms with Crippen molar-refractivity contribution in [3.8, 4) is 17.1 Å². The highest BCUT2D eigenvalue weighted by Crippen LogP contribution is 2.37. The summed E-state index contributed by atoms with van der Waals surface area (Å²) in [6.45, 7) is 19.8. The highest BCUT2D eigenvalue weighted by molar-refractivity contribution is 7.84. The number of aromatic nitrogens is 4. The van der Waals surface area contributed by atoms with Gasteiger partial charge >= 0.3 is 0 Å². The van der Waals surface area contributed by atoms with E-state index in [2.05, 4.69) is 63.7 Å². The van der Waals surface area contributed by atoms with Crippen LogP contribution in [0.3, 0.4) is 0 Å². The SMILES string of the molecule is CCC[C@@H](N[S@](=O)C(C)(C)C)c1cccc(-c2ccc3cn(-c4cccc(CO[Si](C)(C)C(C)(C)C)n4)nc3c2)n1. The summed E-state index contributed by atoms with van der Waals surface area (Å²) in [5.74, 6) is 0.763. The first-order valence-electron chi connectivity index (χ1n) is 14.4. The van der Waals surface area contributed by atoms with Gasteiger partial charge in [0.25, 0.3) is 0 Å². The molecule has 0 aliphatic heterocycles. The highest BCUT2D eigenvalue weighted by atomic mass is 32.2. The molecule has 0 spiro atoms. The van der Waals surface area contributed by atoms with E-state index in [9.17, 15) is 4.21 Å². The Hall–Kier alpha value is -2.72. The number of pyridine rings is 2. The standard InChI is InChI=1S/C32H45N5O2SSi/c1-10-13-28(36-40(38)31(2,3)4)27-16-12-15-26(34-27)23-18-19-24-21-37(35-29(24)20-23)30-17-11-14-25(33-30)22-39-41(8,9)32(5,6)7/h11-12,14-21,28,36H,10,13,22H2,1-9H3/t28-,40-/m1/s1. The number of rotatable bonds is 10. The summed E-state index contributed by atoms with van der Waals surface area (Å²) in [6.07, 6.45) is 3.83. The van der Waals surface area contributed by atoms with E-state index in [0.717, 1.165) is 52.2 Å². The van der Waals surface area contributed by atoms with E-state index in [1.165, 1.54) is 0 Å². The van der Waals surface area contributed by atoms with Crippen molar-refractivity contribution in [3.63, 3.8) is 0 Å². The van der Waals surface area contributed by atoms with Crippen LogP contribution in [0, 0.1) is 0 Å². The number of hydrogen-bond acceptors (Lipinski definition) is 5. The first-order valence-corrected chi connectivity index (χ1v) is 18.5. The molecule has 3 heterocycles. The lowest BCUT2D eigenvalue weighted by Crippen LogP contribution is -2.40. The van der Waals surface area contributed by atoms with E-state index in [-0.39, 0.29) is 15.8 Å². The van der Waals surface area contributed by atoms with Gasteiger partial charge < -0.3 is 4.43 Å². The third kappa shape index (κ3) is 7.57. The molecule has 0 unspecified atom stereocenters. The molecule has 7 nitrogen and oxygen atoms in total. The molecular weight excluding hydrogens is 547 g/mol. The maximum atomic E-state index is 12.8. The number of hydrogen-bond donors (Lipinski definition) is 1. The first kappa shape index (κ1) is 31.2. The fourth-order valence-corrected chi connectivity index (χ4v) is 5.90. The topological polar surface area (TPSA) is 81.9 Å². The second-order valence-electron chi connectivity index (χ2n) is 13.2. The third-order valence-corrected chi connectivity index (χ3v) is 13.8. The van der Waals surface area contributed by atoms with Crippen molar-refractivity contribution in [2.75, 3.05) is 0 Å². The van der Waals surface area contributed by atoms with E-state index in [4.69, 9.17) is 19.5 Å². The molecule has 220 valence electrons. The fraction of sp³-hybridized carbons (Fsp3) is 0.469. The molecule has 0 amide bonds.